The molecule has 0 unspecified atom stereocenters. The lowest BCUT2D eigenvalue weighted by atomic mass is 10.1. The van der Waals surface area contributed by atoms with Crippen molar-refractivity contribution in [3.05, 3.63) is 47.9 Å². The molecular formula is C14H15N3O2. The largest absolute Gasteiger partial charge is 0.512 e. The number of allylic oxidation sites excluding steroid dienone is 4. The van der Waals surface area contributed by atoms with Crippen molar-refractivity contribution in [2.24, 2.45) is 10.2 Å². The van der Waals surface area contributed by atoms with Gasteiger partial charge in [0.2, 0.25) is 5.91 Å². The van der Waals surface area contributed by atoms with Gasteiger partial charge in [0.15, 0.2) is 0 Å². The number of azo groups is 1. The van der Waals surface area contributed by atoms with Crippen molar-refractivity contribution in [2.45, 2.75) is 19.8 Å². The molecule has 1 amide bonds. The van der Waals surface area contributed by atoms with Crippen LogP contribution in [0.4, 0.5) is 11.4 Å². The second kappa shape index (κ2) is 5.95. The van der Waals surface area contributed by atoms with Crippen LogP contribution in [0.3, 0.4) is 0 Å². The summed E-state index contributed by atoms with van der Waals surface area (Å²) < 4.78 is 0. The molecule has 1 aromatic rings. The van der Waals surface area contributed by atoms with Gasteiger partial charge in [0.1, 0.15) is 0 Å². The lowest BCUT2D eigenvalue weighted by molar-refractivity contribution is -0.114. The summed E-state index contributed by atoms with van der Waals surface area (Å²) in [5.74, 6) is 0.270. The first-order valence-electron chi connectivity index (χ1n) is 6.01. The molecule has 0 heterocycles. The van der Waals surface area contributed by atoms with Crippen LogP contribution in [0.1, 0.15) is 19.8 Å². The number of hydrogen-bond acceptors (Lipinski definition) is 4. The Morgan fingerprint density at radius 1 is 1.16 bits per heavy atom. The van der Waals surface area contributed by atoms with Crippen molar-refractivity contribution in [3.63, 3.8) is 0 Å². The van der Waals surface area contributed by atoms with E-state index in [1.165, 1.54) is 6.92 Å². The monoisotopic (exact) mass is 257 g/mol. The highest BCUT2D eigenvalue weighted by Crippen LogP contribution is 2.21. The van der Waals surface area contributed by atoms with Gasteiger partial charge in [-0.25, -0.2) is 0 Å². The van der Waals surface area contributed by atoms with Crippen molar-refractivity contribution in [2.75, 3.05) is 5.32 Å². The molecule has 0 spiro atoms. The summed E-state index contributed by atoms with van der Waals surface area (Å²) in [5, 5.41) is 20.1. The van der Waals surface area contributed by atoms with Crippen LogP contribution in [-0.2, 0) is 4.79 Å². The van der Waals surface area contributed by atoms with Crippen LogP contribution >= 0.6 is 0 Å². The fraction of sp³-hybridized carbons (Fsp3) is 0.214. The molecular weight excluding hydrogens is 242 g/mol. The number of anilines is 1. The van der Waals surface area contributed by atoms with Gasteiger partial charge in [-0.1, -0.05) is 0 Å². The number of amides is 1. The SMILES string of the molecule is CC(=O)Nc1ccc(N=NC2=CC=C(O)CC2)cc1. The number of carbonyl (C=O) groups is 1. The van der Waals surface area contributed by atoms with Gasteiger partial charge in [-0.2, -0.15) is 10.2 Å². The van der Waals surface area contributed by atoms with Crippen molar-refractivity contribution in [3.8, 4) is 0 Å². The predicted molar refractivity (Wildman–Crippen MR) is 73.3 cm³/mol. The zero-order valence-electron chi connectivity index (χ0n) is 10.6. The van der Waals surface area contributed by atoms with Gasteiger partial charge in [0.05, 0.1) is 17.1 Å². The third-order valence-electron chi connectivity index (χ3n) is 2.59. The number of rotatable bonds is 3. The number of carbonyl (C=O) groups excluding carboxylic acids is 1. The van der Waals surface area contributed by atoms with Gasteiger partial charge < -0.3 is 10.4 Å². The number of aliphatic hydroxyl groups is 1. The average molecular weight is 257 g/mol. The highest BCUT2D eigenvalue weighted by atomic mass is 16.3. The summed E-state index contributed by atoms with van der Waals surface area (Å²) in [4.78, 5) is 10.9. The molecule has 0 bridgehead atoms. The molecule has 0 saturated heterocycles. The van der Waals surface area contributed by atoms with E-state index in [-0.39, 0.29) is 5.91 Å². The Morgan fingerprint density at radius 2 is 1.89 bits per heavy atom. The minimum Gasteiger partial charge on any atom is -0.512 e. The minimum atomic E-state index is -0.103. The van der Waals surface area contributed by atoms with Gasteiger partial charge in [-0.05, 0) is 42.8 Å². The number of aliphatic hydroxyl groups excluding tert-OH is 1. The summed E-state index contributed by atoms with van der Waals surface area (Å²) in [5.41, 5.74) is 2.29. The Labute approximate surface area is 111 Å². The lowest BCUT2D eigenvalue weighted by Crippen LogP contribution is -2.04. The van der Waals surface area contributed by atoms with E-state index < -0.39 is 0 Å². The second-order valence-electron chi connectivity index (χ2n) is 4.24. The van der Waals surface area contributed by atoms with Crippen molar-refractivity contribution in [1.82, 2.24) is 0 Å². The Morgan fingerprint density at radius 3 is 2.47 bits per heavy atom. The van der Waals surface area contributed by atoms with E-state index in [1.54, 1.807) is 36.4 Å². The van der Waals surface area contributed by atoms with Crippen LogP contribution in [0.25, 0.3) is 0 Å². The van der Waals surface area contributed by atoms with Crippen LogP contribution in [0.15, 0.2) is 58.1 Å². The molecule has 5 heteroatoms. The molecule has 0 saturated carbocycles. The van der Waals surface area contributed by atoms with Crippen molar-refractivity contribution in [1.29, 1.82) is 0 Å². The first-order chi connectivity index (χ1) is 9.13. The third kappa shape index (κ3) is 4.06. The van der Waals surface area contributed by atoms with Gasteiger partial charge in [0, 0.05) is 19.0 Å². The van der Waals surface area contributed by atoms with Crippen molar-refractivity contribution >= 4 is 17.3 Å². The van der Waals surface area contributed by atoms with E-state index in [2.05, 4.69) is 15.5 Å². The fourth-order valence-electron chi connectivity index (χ4n) is 1.64. The molecule has 2 N–H and O–H groups in total. The maximum atomic E-state index is 10.9. The topological polar surface area (TPSA) is 74.0 Å². The average Bonchev–Trinajstić information content (AvgIpc) is 2.39. The molecule has 1 aliphatic carbocycles. The van der Waals surface area contributed by atoms with E-state index in [0.29, 0.717) is 24.3 Å². The van der Waals surface area contributed by atoms with Crippen molar-refractivity contribution < 1.29 is 9.90 Å². The standard InChI is InChI=1S/C14H15N3O2/c1-10(18)15-11-2-4-12(5-3-11)16-17-13-6-8-14(19)9-7-13/h2-6,8,19H,7,9H2,1H3,(H,15,18). The molecule has 1 aliphatic rings. The molecule has 0 radical (unpaired) electrons. The van der Waals surface area contributed by atoms with E-state index >= 15 is 0 Å². The summed E-state index contributed by atoms with van der Waals surface area (Å²) in [6.45, 7) is 1.46. The maximum Gasteiger partial charge on any atom is 0.221 e. The molecule has 1 aromatic carbocycles. The van der Waals surface area contributed by atoms with Crippen LogP contribution in [0.5, 0.6) is 0 Å². The first-order valence-corrected chi connectivity index (χ1v) is 6.01. The second-order valence-corrected chi connectivity index (χ2v) is 4.24. The zero-order chi connectivity index (χ0) is 13.7. The molecule has 5 nitrogen and oxygen atoms in total. The molecule has 2 rings (SSSR count). The number of hydrogen-bond donors (Lipinski definition) is 2. The Kier molecular flexibility index (Phi) is 4.07. The first kappa shape index (κ1) is 13.0. The number of benzene rings is 1. The van der Waals surface area contributed by atoms with E-state index in [1.807, 2.05) is 0 Å². The summed E-state index contributed by atoms with van der Waals surface area (Å²) >= 11 is 0. The molecule has 19 heavy (non-hydrogen) atoms. The quantitative estimate of drug-likeness (QED) is 0.807. The van der Waals surface area contributed by atoms with Crippen LogP contribution in [0, 0.1) is 0 Å². The highest BCUT2D eigenvalue weighted by Gasteiger charge is 2.03. The maximum absolute atomic E-state index is 10.9. The van der Waals surface area contributed by atoms with Gasteiger partial charge in [0.25, 0.3) is 0 Å². The van der Waals surface area contributed by atoms with Crippen LogP contribution in [-0.4, -0.2) is 11.0 Å². The lowest BCUT2D eigenvalue weighted by Gasteiger charge is -2.05. The normalized spacial score (nSPS) is 15.0. The summed E-state index contributed by atoms with van der Waals surface area (Å²) in [7, 11) is 0. The smallest absolute Gasteiger partial charge is 0.221 e. The Bertz CT molecular complexity index is 557. The number of nitrogens with one attached hydrogen (secondary N) is 1. The summed E-state index contributed by atoms with van der Waals surface area (Å²) in [6.07, 6.45) is 4.69. The predicted octanol–water partition coefficient (Wildman–Crippen LogP) is 3.85. The third-order valence-corrected chi connectivity index (χ3v) is 2.59. The highest BCUT2D eigenvalue weighted by molar-refractivity contribution is 5.88. The molecule has 0 fully saturated rings. The molecule has 0 atom stereocenters. The van der Waals surface area contributed by atoms with Crippen LogP contribution < -0.4 is 5.32 Å². The number of nitrogens with zero attached hydrogens (tertiary/aromatic N) is 2. The van der Waals surface area contributed by atoms with E-state index in [4.69, 9.17) is 0 Å². The molecule has 98 valence electrons. The summed E-state index contributed by atoms with van der Waals surface area (Å²) in [6, 6.07) is 7.12. The minimum absolute atomic E-state index is 0.103. The van der Waals surface area contributed by atoms with Gasteiger partial charge in [-0.3, -0.25) is 4.79 Å². The van der Waals surface area contributed by atoms with Gasteiger partial charge in [-0.15, -0.1) is 0 Å². The van der Waals surface area contributed by atoms with E-state index in [0.717, 1.165) is 11.4 Å². The Hall–Kier alpha value is -2.43. The van der Waals surface area contributed by atoms with Gasteiger partial charge >= 0.3 is 0 Å². The molecule has 0 aromatic heterocycles. The van der Waals surface area contributed by atoms with E-state index in [9.17, 15) is 9.90 Å². The fourth-order valence-corrected chi connectivity index (χ4v) is 1.64. The van der Waals surface area contributed by atoms with Crippen LogP contribution in [0.2, 0.25) is 0 Å². The zero-order valence-corrected chi connectivity index (χ0v) is 10.6. The molecule has 0 aliphatic heterocycles. The Balaban J connectivity index is 2.01.